The fraction of sp³-hybridized carbons (Fsp3) is 0.769. The van der Waals surface area contributed by atoms with Gasteiger partial charge < -0.3 is 4.74 Å². The number of hydrogen-bond acceptors (Lipinski definition) is 4. The SMILES string of the molecule is CCn1nc(C)c(Br)c1CC(NN)C1CCC(C)O1. The average molecular weight is 331 g/mol. The van der Waals surface area contributed by atoms with Crippen LogP contribution in [0, 0.1) is 6.92 Å². The Kier molecular flexibility index (Phi) is 5.00. The zero-order valence-corrected chi connectivity index (χ0v) is 13.4. The van der Waals surface area contributed by atoms with Crippen LogP contribution in [-0.4, -0.2) is 28.0 Å². The van der Waals surface area contributed by atoms with Gasteiger partial charge in [-0.05, 0) is 49.5 Å². The molecule has 108 valence electrons. The first-order valence-electron chi connectivity index (χ1n) is 6.90. The molecule has 1 fully saturated rings. The van der Waals surface area contributed by atoms with E-state index in [0.717, 1.165) is 36.0 Å². The van der Waals surface area contributed by atoms with E-state index in [2.05, 4.69) is 40.3 Å². The predicted molar refractivity (Wildman–Crippen MR) is 78.7 cm³/mol. The van der Waals surface area contributed by atoms with E-state index in [4.69, 9.17) is 10.6 Å². The quantitative estimate of drug-likeness (QED) is 0.639. The third-order valence-electron chi connectivity index (χ3n) is 3.79. The molecule has 0 saturated carbocycles. The lowest BCUT2D eigenvalue weighted by atomic mass is 10.0. The number of rotatable bonds is 5. The van der Waals surface area contributed by atoms with Crippen LogP contribution >= 0.6 is 15.9 Å². The fourth-order valence-corrected chi connectivity index (χ4v) is 3.15. The maximum Gasteiger partial charge on any atom is 0.0749 e. The lowest BCUT2D eigenvalue weighted by Gasteiger charge is -2.23. The highest BCUT2D eigenvalue weighted by Gasteiger charge is 2.30. The zero-order valence-electron chi connectivity index (χ0n) is 11.8. The summed E-state index contributed by atoms with van der Waals surface area (Å²) < 4.78 is 9.03. The lowest BCUT2D eigenvalue weighted by Crippen LogP contribution is -2.45. The van der Waals surface area contributed by atoms with Gasteiger partial charge in [0.25, 0.3) is 0 Å². The van der Waals surface area contributed by atoms with Crippen LogP contribution in [0.3, 0.4) is 0 Å². The number of nitrogens with zero attached hydrogens (tertiary/aromatic N) is 2. The molecule has 6 heteroatoms. The molecule has 1 saturated heterocycles. The van der Waals surface area contributed by atoms with Crippen LogP contribution in [0.5, 0.6) is 0 Å². The van der Waals surface area contributed by atoms with Crippen molar-refractivity contribution in [1.82, 2.24) is 15.2 Å². The summed E-state index contributed by atoms with van der Waals surface area (Å²) in [4.78, 5) is 0. The molecule has 0 amide bonds. The molecule has 2 rings (SSSR count). The van der Waals surface area contributed by atoms with Gasteiger partial charge in [0.05, 0.1) is 34.1 Å². The van der Waals surface area contributed by atoms with Crippen molar-refractivity contribution >= 4 is 15.9 Å². The van der Waals surface area contributed by atoms with Crippen molar-refractivity contribution in [2.75, 3.05) is 0 Å². The van der Waals surface area contributed by atoms with Gasteiger partial charge in [-0.1, -0.05) is 0 Å². The third-order valence-corrected chi connectivity index (χ3v) is 4.83. The summed E-state index contributed by atoms with van der Waals surface area (Å²) in [5.41, 5.74) is 5.12. The smallest absolute Gasteiger partial charge is 0.0749 e. The number of halogens is 1. The molecule has 0 radical (unpaired) electrons. The maximum atomic E-state index is 5.92. The Bertz CT molecular complexity index is 435. The van der Waals surface area contributed by atoms with Crippen molar-refractivity contribution in [2.45, 2.75) is 64.8 Å². The predicted octanol–water partition coefficient (Wildman–Crippen LogP) is 1.92. The van der Waals surface area contributed by atoms with E-state index in [1.807, 2.05) is 11.6 Å². The first kappa shape index (κ1) is 15.0. The Labute approximate surface area is 123 Å². The van der Waals surface area contributed by atoms with Gasteiger partial charge in [0.1, 0.15) is 0 Å². The van der Waals surface area contributed by atoms with Crippen molar-refractivity contribution in [3.8, 4) is 0 Å². The van der Waals surface area contributed by atoms with Crippen molar-refractivity contribution in [2.24, 2.45) is 5.84 Å². The van der Waals surface area contributed by atoms with E-state index in [1.165, 1.54) is 5.69 Å². The third kappa shape index (κ3) is 3.18. The number of nitrogens with two attached hydrogens (primary N) is 1. The Morgan fingerprint density at radius 2 is 2.32 bits per heavy atom. The average Bonchev–Trinajstić information content (AvgIpc) is 2.93. The van der Waals surface area contributed by atoms with Crippen LogP contribution in [0.4, 0.5) is 0 Å². The monoisotopic (exact) mass is 330 g/mol. The molecule has 19 heavy (non-hydrogen) atoms. The van der Waals surface area contributed by atoms with E-state index in [9.17, 15) is 0 Å². The molecule has 0 spiro atoms. The number of aromatic nitrogens is 2. The normalized spacial score (nSPS) is 24.9. The summed E-state index contributed by atoms with van der Waals surface area (Å²) in [6.07, 6.45) is 3.51. The molecule has 0 bridgehead atoms. The molecule has 3 atom stereocenters. The molecule has 3 unspecified atom stereocenters. The molecule has 1 aliphatic heterocycles. The Hall–Kier alpha value is -0.430. The summed E-state index contributed by atoms with van der Waals surface area (Å²) in [7, 11) is 0. The van der Waals surface area contributed by atoms with Crippen LogP contribution in [0.1, 0.15) is 38.1 Å². The second-order valence-electron chi connectivity index (χ2n) is 5.20. The highest BCUT2D eigenvalue weighted by Crippen LogP contribution is 2.27. The van der Waals surface area contributed by atoms with E-state index >= 15 is 0 Å². The molecule has 1 aliphatic rings. The van der Waals surface area contributed by atoms with E-state index in [1.54, 1.807) is 0 Å². The van der Waals surface area contributed by atoms with Crippen molar-refractivity contribution < 1.29 is 4.74 Å². The van der Waals surface area contributed by atoms with Crippen LogP contribution in [0.25, 0.3) is 0 Å². The number of hydrazine groups is 1. The minimum Gasteiger partial charge on any atom is -0.374 e. The van der Waals surface area contributed by atoms with E-state index in [0.29, 0.717) is 6.10 Å². The summed E-state index contributed by atoms with van der Waals surface area (Å²) in [6.45, 7) is 7.09. The lowest BCUT2D eigenvalue weighted by molar-refractivity contribution is 0.0316. The number of hydrogen-bond donors (Lipinski definition) is 2. The number of ether oxygens (including phenoxy) is 1. The van der Waals surface area contributed by atoms with Gasteiger partial charge in [-0.15, -0.1) is 0 Å². The summed E-state index contributed by atoms with van der Waals surface area (Å²) in [6, 6.07) is 0.127. The summed E-state index contributed by atoms with van der Waals surface area (Å²) in [5.74, 6) is 5.72. The Morgan fingerprint density at radius 3 is 2.84 bits per heavy atom. The number of nitrogens with one attached hydrogen (secondary N) is 1. The highest BCUT2D eigenvalue weighted by molar-refractivity contribution is 9.10. The first-order chi connectivity index (χ1) is 9.06. The molecule has 2 heterocycles. The molecule has 5 nitrogen and oxygen atoms in total. The van der Waals surface area contributed by atoms with Gasteiger partial charge in [-0.3, -0.25) is 16.0 Å². The standard InChI is InChI=1S/C13H23BrN4O/c1-4-18-11(13(14)9(3)17-18)7-10(16-15)12-6-5-8(2)19-12/h8,10,12,16H,4-7,15H2,1-3H3. The first-order valence-corrected chi connectivity index (χ1v) is 7.69. The summed E-state index contributed by atoms with van der Waals surface area (Å²) in [5, 5.41) is 4.52. The molecule has 1 aromatic rings. The van der Waals surface area contributed by atoms with Crippen LogP contribution in [0.15, 0.2) is 4.47 Å². The Morgan fingerprint density at radius 1 is 1.58 bits per heavy atom. The Balaban J connectivity index is 2.14. The van der Waals surface area contributed by atoms with Crippen molar-refractivity contribution in [1.29, 1.82) is 0 Å². The van der Waals surface area contributed by atoms with Crippen LogP contribution < -0.4 is 11.3 Å². The largest absolute Gasteiger partial charge is 0.374 e. The molecule has 0 aromatic carbocycles. The van der Waals surface area contributed by atoms with Gasteiger partial charge >= 0.3 is 0 Å². The molecule has 3 N–H and O–H groups in total. The fourth-order valence-electron chi connectivity index (χ4n) is 2.70. The molecule has 0 aliphatic carbocycles. The number of aryl methyl sites for hydroxylation is 2. The second-order valence-corrected chi connectivity index (χ2v) is 5.99. The van der Waals surface area contributed by atoms with Crippen LogP contribution in [0.2, 0.25) is 0 Å². The zero-order chi connectivity index (χ0) is 14.0. The molecular weight excluding hydrogens is 308 g/mol. The van der Waals surface area contributed by atoms with Gasteiger partial charge in [-0.25, -0.2) is 0 Å². The molecule has 1 aromatic heterocycles. The van der Waals surface area contributed by atoms with Crippen molar-refractivity contribution in [3.63, 3.8) is 0 Å². The maximum absolute atomic E-state index is 5.92. The van der Waals surface area contributed by atoms with Crippen molar-refractivity contribution in [3.05, 3.63) is 15.9 Å². The van der Waals surface area contributed by atoms with Gasteiger partial charge in [0, 0.05) is 13.0 Å². The van der Waals surface area contributed by atoms with Gasteiger partial charge in [0.2, 0.25) is 0 Å². The van der Waals surface area contributed by atoms with Gasteiger partial charge in [0.15, 0.2) is 0 Å². The van der Waals surface area contributed by atoms with E-state index < -0.39 is 0 Å². The minimum absolute atomic E-state index is 0.127. The molecular formula is C13H23BrN4O. The minimum atomic E-state index is 0.127. The van der Waals surface area contributed by atoms with E-state index in [-0.39, 0.29) is 12.1 Å². The topological polar surface area (TPSA) is 65.1 Å². The second kappa shape index (κ2) is 6.35. The van der Waals surface area contributed by atoms with Gasteiger partial charge in [-0.2, -0.15) is 5.10 Å². The highest BCUT2D eigenvalue weighted by atomic mass is 79.9. The summed E-state index contributed by atoms with van der Waals surface area (Å²) >= 11 is 3.63. The van der Waals surface area contributed by atoms with Crippen LogP contribution in [-0.2, 0) is 17.7 Å².